The molecule has 1 N–H and O–H groups in total. The number of thioether (sulfide) groups is 1. The van der Waals surface area contributed by atoms with Crippen LogP contribution < -0.4 is 14.8 Å². The summed E-state index contributed by atoms with van der Waals surface area (Å²) in [7, 11) is 1.52. The van der Waals surface area contributed by atoms with Crippen molar-refractivity contribution in [1.29, 1.82) is 0 Å². The zero-order chi connectivity index (χ0) is 31.2. The number of allylic oxidation sites excluding steroid dienone is 1. The van der Waals surface area contributed by atoms with Gasteiger partial charge in [-0.25, -0.2) is 9.48 Å². The highest BCUT2D eigenvalue weighted by atomic mass is 79.9. The van der Waals surface area contributed by atoms with Gasteiger partial charge < -0.3 is 29.2 Å². The van der Waals surface area contributed by atoms with E-state index in [4.69, 9.17) is 40.6 Å². The predicted octanol–water partition coefficient (Wildman–Crippen LogP) is 5.47. The SMILES string of the molecule is CCCOC(=O)C1=C(C)Nc2nc(SCc3ccccc3Cl)nn2C1c1cc(Br)c(OCC(=O)N2CCOCC2)c(OC)c1. The second-order valence-electron chi connectivity index (χ2n) is 10.1. The zero-order valence-corrected chi connectivity index (χ0v) is 27.8. The number of benzene rings is 2. The number of anilines is 1. The molecule has 0 saturated carbocycles. The number of fused-ring (bicyclic) bond motifs is 1. The molecule has 0 aliphatic carbocycles. The minimum absolute atomic E-state index is 0.140. The Labute approximate surface area is 273 Å². The van der Waals surface area contributed by atoms with Crippen LogP contribution in [0.4, 0.5) is 5.95 Å². The van der Waals surface area contributed by atoms with Crippen molar-refractivity contribution in [3.05, 3.63) is 68.3 Å². The van der Waals surface area contributed by atoms with Crippen molar-refractivity contribution in [2.24, 2.45) is 0 Å². The first-order valence-electron chi connectivity index (χ1n) is 14.1. The van der Waals surface area contributed by atoms with Crippen molar-refractivity contribution >= 4 is 57.1 Å². The molecule has 3 aromatic rings. The second-order valence-corrected chi connectivity index (χ2v) is 12.3. The number of hydrogen-bond donors (Lipinski definition) is 1. The van der Waals surface area contributed by atoms with Gasteiger partial charge in [-0.15, -0.1) is 5.10 Å². The molecule has 1 fully saturated rings. The number of rotatable bonds is 11. The van der Waals surface area contributed by atoms with E-state index in [-0.39, 0.29) is 19.1 Å². The molecule has 5 rings (SSSR count). The fraction of sp³-hybridized carbons (Fsp3) is 0.400. The molecule has 0 bridgehead atoms. The average Bonchev–Trinajstić information content (AvgIpc) is 3.44. The van der Waals surface area contributed by atoms with Crippen LogP contribution in [0.2, 0.25) is 5.02 Å². The Hall–Kier alpha value is -3.26. The Bertz CT molecular complexity index is 1560. The van der Waals surface area contributed by atoms with Crippen LogP contribution >= 0.6 is 39.3 Å². The number of nitrogens with zero attached hydrogens (tertiary/aromatic N) is 4. The van der Waals surface area contributed by atoms with Gasteiger partial charge >= 0.3 is 5.97 Å². The van der Waals surface area contributed by atoms with Crippen LogP contribution in [0, 0.1) is 0 Å². The minimum Gasteiger partial charge on any atom is -0.493 e. The fourth-order valence-corrected chi connectivity index (χ4v) is 6.56. The molecule has 2 aliphatic rings. The molecular weight excluding hydrogens is 674 g/mol. The van der Waals surface area contributed by atoms with Gasteiger partial charge in [-0.05, 0) is 58.6 Å². The van der Waals surface area contributed by atoms with Crippen LogP contribution in [0.3, 0.4) is 0 Å². The summed E-state index contributed by atoms with van der Waals surface area (Å²) in [5.74, 6) is 1.21. The number of carbonyl (C=O) groups is 2. The fourth-order valence-electron chi connectivity index (χ4n) is 4.87. The standard InChI is InChI=1S/C30H33BrClN5O6S/c1-4-11-42-28(39)25-18(2)33-29-34-30(44-17-19-7-5-6-8-22(19)32)35-37(29)26(25)20-14-21(31)27(23(15-20)40-3)43-16-24(38)36-9-12-41-13-10-36/h5-8,14-15,26H,4,9-13,16-17H2,1-3H3,(H,33,34,35). The zero-order valence-electron chi connectivity index (χ0n) is 24.6. The number of carbonyl (C=O) groups excluding carboxylic acids is 2. The number of hydrogen-bond acceptors (Lipinski definition) is 10. The van der Waals surface area contributed by atoms with Gasteiger partial charge in [0.1, 0.15) is 6.04 Å². The third-order valence-corrected chi connectivity index (χ3v) is 8.92. The van der Waals surface area contributed by atoms with Crippen molar-refractivity contribution in [2.75, 3.05) is 51.9 Å². The highest BCUT2D eigenvalue weighted by Gasteiger charge is 2.36. The molecule has 1 unspecified atom stereocenters. The van der Waals surface area contributed by atoms with E-state index in [0.717, 1.165) is 5.56 Å². The van der Waals surface area contributed by atoms with Gasteiger partial charge in [-0.2, -0.15) is 4.98 Å². The first-order chi connectivity index (χ1) is 21.3. The van der Waals surface area contributed by atoms with Crippen LogP contribution in [0.5, 0.6) is 11.5 Å². The molecule has 1 atom stereocenters. The highest BCUT2D eigenvalue weighted by Crippen LogP contribution is 2.43. The average molecular weight is 707 g/mol. The summed E-state index contributed by atoms with van der Waals surface area (Å²) >= 11 is 11.4. The highest BCUT2D eigenvalue weighted by molar-refractivity contribution is 9.10. The Morgan fingerprint density at radius 2 is 2.00 bits per heavy atom. The lowest BCUT2D eigenvalue weighted by Crippen LogP contribution is -2.43. The van der Waals surface area contributed by atoms with E-state index in [1.165, 1.54) is 18.9 Å². The number of aromatic nitrogens is 3. The molecule has 2 aromatic carbocycles. The topological polar surface area (TPSA) is 117 Å². The van der Waals surface area contributed by atoms with Crippen LogP contribution in [0.25, 0.3) is 0 Å². The Kier molecular flexibility index (Phi) is 10.7. The Morgan fingerprint density at radius 1 is 1.23 bits per heavy atom. The molecule has 44 heavy (non-hydrogen) atoms. The maximum Gasteiger partial charge on any atom is 0.338 e. The van der Waals surface area contributed by atoms with E-state index in [1.54, 1.807) is 15.6 Å². The third-order valence-electron chi connectivity index (χ3n) is 7.08. The molecule has 0 radical (unpaired) electrons. The summed E-state index contributed by atoms with van der Waals surface area (Å²) in [5, 5.41) is 9.20. The molecule has 3 heterocycles. The largest absolute Gasteiger partial charge is 0.493 e. The van der Waals surface area contributed by atoms with Crippen molar-refractivity contribution in [3.63, 3.8) is 0 Å². The van der Waals surface area contributed by atoms with Crippen molar-refractivity contribution in [1.82, 2.24) is 19.7 Å². The summed E-state index contributed by atoms with van der Waals surface area (Å²) in [6.45, 7) is 5.93. The summed E-state index contributed by atoms with van der Waals surface area (Å²) in [5.41, 5.74) is 2.64. The van der Waals surface area contributed by atoms with Crippen LogP contribution in [-0.2, 0) is 24.8 Å². The normalized spacial score (nSPS) is 16.3. The quantitative estimate of drug-likeness (QED) is 0.203. The van der Waals surface area contributed by atoms with Crippen molar-refractivity contribution in [3.8, 4) is 11.5 Å². The molecule has 0 spiro atoms. The van der Waals surface area contributed by atoms with E-state index in [2.05, 4.69) is 21.2 Å². The molecule has 234 valence electrons. The lowest BCUT2D eigenvalue weighted by atomic mass is 9.95. The van der Waals surface area contributed by atoms with Crippen molar-refractivity contribution in [2.45, 2.75) is 37.2 Å². The molecule has 11 nitrogen and oxygen atoms in total. The molecule has 1 amide bonds. The molecule has 1 saturated heterocycles. The minimum atomic E-state index is -0.688. The number of esters is 1. The van der Waals surface area contributed by atoms with E-state index >= 15 is 0 Å². The van der Waals surface area contributed by atoms with Crippen LogP contribution in [0.1, 0.15) is 37.4 Å². The van der Waals surface area contributed by atoms with E-state index in [1.807, 2.05) is 44.2 Å². The van der Waals surface area contributed by atoms with Crippen LogP contribution in [-0.4, -0.2) is 78.2 Å². The van der Waals surface area contributed by atoms with Gasteiger partial charge in [0.05, 0.1) is 37.0 Å². The second kappa shape index (κ2) is 14.7. The smallest absolute Gasteiger partial charge is 0.338 e. The van der Waals surface area contributed by atoms with E-state index in [0.29, 0.717) is 87.4 Å². The number of ether oxygens (including phenoxy) is 4. The van der Waals surface area contributed by atoms with Gasteiger partial charge in [0.15, 0.2) is 18.1 Å². The first-order valence-corrected chi connectivity index (χ1v) is 16.3. The maximum atomic E-state index is 13.4. The van der Waals surface area contributed by atoms with E-state index in [9.17, 15) is 9.59 Å². The summed E-state index contributed by atoms with van der Waals surface area (Å²) in [6.07, 6.45) is 0.683. The number of nitrogens with one attached hydrogen (secondary N) is 1. The molecular formula is C30H33BrClN5O6S. The Morgan fingerprint density at radius 3 is 2.73 bits per heavy atom. The van der Waals surface area contributed by atoms with Gasteiger partial charge in [-0.1, -0.05) is 48.5 Å². The number of halogens is 2. The lowest BCUT2D eigenvalue weighted by molar-refractivity contribution is -0.139. The number of amides is 1. The van der Waals surface area contributed by atoms with Gasteiger partial charge in [0.25, 0.3) is 5.91 Å². The predicted molar refractivity (Wildman–Crippen MR) is 170 cm³/mol. The van der Waals surface area contributed by atoms with Crippen molar-refractivity contribution < 1.29 is 28.5 Å². The van der Waals surface area contributed by atoms with Gasteiger partial charge in [-0.3, -0.25) is 4.79 Å². The summed E-state index contributed by atoms with van der Waals surface area (Å²) < 4.78 is 24.8. The van der Waals surface area contributed by atoms with E-state index < -0.39 is 12.0 Å². The van der Waals surface area contributed by atoms with Gasteiger partial charge in [0.2, 0.25) is 11.1 Å². The molecule has 14 heteroatoms. The Balaban J connectivity index is 1.47. The summed E-state index contributed by atoms with van der Waals surface area (Å²) in [4.78, 5) is 32.6. The molecule has 2 aliphatic heterocycles. The number of morpholine rings is 1. The maximum absolute atomic E-state index is 13.4. The monoisotopic (exact) mass is 705 g/mol. The summed E-state index contributed by atoms with van der Waals surface area (Å²) in [6, 6.07) is 10.5. The third kappa shape index (κ3) is 7.17. The lowest BCUT2D eigenvalue weighted by Gasteiger charge is -2.29. The first kappa shape index (κ1) is 32.1. The molecule has 1 aromatic heterocycles. The number of methoxy groups -OCH3 is 1. The van der Waals surface area contributed by atoms with Crippen LogP contribution in [0.15, 0.2) is 57.3 Å². The van der Waals surface area contributed by atoms with Gasteiger partial charge in [0, 0.05) is 29.6 Å².